The smallest absolute Gasteiger partial charge is 0.314 e. The SMILES string of the molecule is O=C(NCC1CCN(C2CC2)C1)NCC(c1ccccc1Cl)N1CCOCC1. The van der Waals surface area contributed by atoms with E-state index in [1.807, 2.05) is 24.3 Å². The van der Waals surface area contributed by atoms with E-state index in [0.717, 1.165) is 42.8 Å². The molecule has 1 saturated carbocycles. The lowest BCUT2D eigenvalue weighted by Gasteiger charge is -2.35. The molecule has 1 aliphatic carbocycles. The molecular weight excluding hydrogens is 376 g/mol. The highest BCUT2D eigenvalue weighted by Crippen LogP contribution is 2.31. The van der Waals surface area contributed by atoms with Crippen molar-refractivity contribution in [1.82, 2.24) is 20.4 Å². The topological polar surface area (TPSA) is 56.8 Å². The number of hydrogen-bond acceptors (Lipinski definition) is 4. The predicted octanol–water partition coefficient (Wildman–Crippen LogP) is 2.50. The molecule has 2 amide bonds. The molecule has 0 spiro atoms. The third-order valence-corrected chi connectivity index (χ3v) is 6.48. The van der Waals surface area contributed by atoms with Crippen LogP contribution >= 0.6 is 11.6 Å². The number of amides is 2. The molecule has 2 N–H and O–H groups in total. The molecule has 4 rings (SSSR count). The van der Waals surface area contributed by atoms with Gasteiger partial charge in [-0.05, 0) is 43.4 Å². The van der Waals surface area contributed by atoms with Gasteiger partial charge in [0.25, 0.3) is 0 Å². The number of carbonyl (C=O) groups is 1. The number of likely N-dealkylation sites (tertiary alicyclic amines) is 1. The Balaban J connectivity index is 1.28. The zero-order valence-corrected chi connectivity index (χ0v) is 17.2. The van der Waals surface area contributed by atoms with Crippen molar-refractivity contribution in [3.63, 3.8) is 0 Å². The number of nitrogens with zero attached hydrogens (tertiary/aromatic N) is 2. The van der Waals surface area contributed by atoms with Crippen LogP contribution in [0.1, 0.15) is 30.9 Å². The number of morpholine rings is 1. The number of halogens is 1. The number of carbonyl (C=O) groups excluding carboxylic acids is 1. The maximum absolute atomic E-state index is 12.4. The van der Waals surface area contributed by atoms with Crippen LogP contribution in [0, 0.1) is 5.92 Å². The van der Waals surface area contributed by atoms with Gasteiger partial charge >= 0.3 is 6.03 Å². The first-order valence-corrected chi connectivity index (χ1v) is 10.9. The Kier molecular flexibility index (Phi) is 6.73. The molecule has 1 aromatic carbocycles. The Morgan fingerprint density at radius 3 is 2.68 bits per heavy atom. The minimum Gasteiger partial charge on any atom is -0.379 e. The predicted molar refractivity (Wildman–Crippen MR) is 111 cm³/mol. The molecule has 2 heterocycles. The van der Waals surface area contributed by atoms with Crippen LogP contribution in [-0.2, 0) is 4.74 Å². The van der Waals surface area contributed by atoms with Crippen molar-refractivity contribution in [2.24, 2.45) is 5.92 Å². The van der Waals surface area contributed by atoms with Gasteiger partial charge in [-0.25, -0.2) is 4.79 Å². The van der Waals surface area contributed by atoms with Crippen molar-refractivity contribution in [3.05, 3.63) is 34.9 Å². The van der Waals surface area contributed by atoms with E-state index in [-0.39, 0.29) is 12.1 Å². The highest BCUT2D eigenvalue weighted by Gasteiger charge is 2.34. The van der Waals surface area contributed by atoms with Crippen LogP contribution in [-0.4, -0.2) is 74.4 Å². The molecule has 1 aromatic rings. The Bertz CT molecular complexity index is 664. The first-order chi connectivity index (χ1) is 13.7. The number of hydrogen-bond donors (Lipinski definition) is 2. The van der Waals surface area contributed by atoms with Crippen molar-refractivity contribution in [1.29, 1.82) is 0 Å². The molecule has 0 radical (unpaired) electrons. The van der Waals surface area contributed by atoms with Gasteiger partial charge < -0.3 is 20.3 Å². The van der Waals surface area contributed by atoms with Crippen LogP contribution in [0.15, 0.2) is 24.3 Å². The molecule has 2 unspecified atom stereocenters. The summed E-state index contributed by atoms with van der Waals surface area (Å²) in [7, 11) is 0. The Morgan fingerprint density at radius 2 is 1.93 bits per heavy atom. The lowest BCUT2D eigenvalue weighted by atomic mass is 10.0. The zero-order valence-electron chi connectivity index (χ0n) is 16.4. The molecule has 0 aromatic heterocycles. The molecule has 28 heavy (non-hydrogen) atoms. The van der Waals surface area contributed by atoms with Crippen LogP contribution in [0.5, 0.6) is 0 Å². The fraction of sp³-hybridized carbons (Fsp3) is 0.667. The summed E-state index contributed by atoms with van der Waals surface area (Å²) in [5.41, 5.74) is 1.06. The molecule has 0 bridgehead atoms. The van der Waals surface area contributed by atoms with Gasteiger partial charge in [0.2, 0.25) is 0 Å². The van der Waals surface area contributed by atoms with E-state index in [4.69, 9.17) is 16.3 Å². The van der Waals surface area contributed by atoms with Gasteiger partial charge in [0.05, 0.1) is 19.3 Å². The van der Waals surface area contributed by atoms with Crippen molar-refractivity contribution in [3.8, 4) is 0 Å². The van der Waals surface area contributed by atoms with E-state index in [9.17, 15) is 4.79 Å². The molecule has 2 atom stereocenters. The summed E-state index contributed by atoms with van der Waals surface area (Å²) in [6, 6.07) is 8.69. The maximum atomic E-state index is 12.4. The van der Waals surface area contributed by atoms with Gasteiger partial charge in [0, 0.05) is 43.8 Å². The molecule has 2 saturated heterocycles. The molecule has 7 heteroatoms. The fourth-order valence-electron chi connectivity index (χ4n) is 4.36. The van der Waals surface area contributed by atoms with Gasteiger partial charge in [-0.2, -0.15) is 0 Å². The van der Waals surface area contributed by atoms with E-state index in [2.05, 4.69) is 20.4 Å². The van der Waals surface area contributed by atoms with Crippen molar-refractivity contribution < 1.29 is 9.53 Å². The summed E-state index contributed by atoms with van der Waals surface area (Å²) in [4.78, 5) is 17.3. The number of benzene rings is 1. The fourth-order valence-corrected chi connectivity index (χ4v) is 4.62. The standard InChI is InChI=1S/C21H31ClN4O2/c22-19-4-2-1-3-18(19)20(25-9-11-28-12-10-25)14-24-21(27)23-13-16-7-8-26(15-16)17-5-6-17/h1-4,16-17,20H,5-15H2,(H2,23,24,27). The van der Waals surface area contributed by atoms with Crippen molar-refractivity contribution in [2.75, 3.05) is 52.5 Å². The lowest BCUT2D eigenvalue weighted by molar-refractivity contribution is 0.0167. The molecule has 6 nitrogen and oxygen atoms in total. The van der Waals surface area contributed by atoms with Crippen LogP contribution in [0.3, 0.4) is 0 Å². The minimum atomic E-state index is -0.0878. The molecule has 154 valence electrons. The number of ether oxygens (including phenoxy) is 1. The van der Waals surface area contributed by atoms with Crippen molar-refractivity contribution in [2.45, 2.75) is 31.3 Å². The molecule has 2 aliphatic heterocycles. The second kappa shape index (κ2) is 9.44. The zero-order chi connectivity index (χ0) is 19.3. The Labute approximate surface area is 172 Å². The first-order valence-electron chi connectivity index (χ1n) is 10.5. The van der Waals surface area contributed by atoms with E-state index in [1.54, 1.807) is 0 Å². The van der Waals surface area contributed by atoms with Gasteiger partial charge in [0.1, 0.15) is 0 Å². The molecular formula is C21H31ClN4O2. The average molecular weight is 407 g/mol. The first kappa shape index (κ1) is 20.0. The van der Waals surface area contributed by atoms with Crippen molar-refractivity contribution >= 4 is 17.6 Å². The van der Waals surface area contributed by atoms with E-state index in [0.29, 0.717) is 25.7 Å². The van der Waals surface area contributed by atoms with Gasteiger partial charge in [-0.3, -0.25) is 4.90 Å². The monoisotopic (exact) mass is 406 g/mol. The third-order valence-electron chi connectivity index (χ3n) is 6.14. The van der Waals surface area contributed by atoms with Gasteiger partial charge in [-0.15, -0.1) is 0 Å². The van der Waals surface area contributed by atoms with Crippen LogP contribution in [0.2, 0.25) is 5.02 Å². The van der Waals surface area contributed by atoms with Gasteiger partial charge in [0.15, 0.2) is 0 Å². The highest BCUT2D eigenvalue weighted by atomic mass is 35.5. The number of rotatable bonds is 7. The highest BCUT2D eigenvalue weighted by molar-refractivity contribution is 6.31. The summed E-state index contributed by atoms with van der Waals surface area (Å²) in [6.45, 7) is 6.72. The van der Waals surface area contributed by atoms with E-state index >= 15 is 0 Å². The van der Waals surface area contributed by atoms with Crippen LogP contribution in [0.4, 0.5) is 4.79 Å². The van der Waals surface area contributed by atoms with E-state index < -0.39 is 0 Å². The van der Waals surface area contributed by atoms with Crippen LogP contribution in [0.25, 0.3) is 0 Å². The Morgan fingerprint density at radius 1 is 1.14 bits per heavy atom. The summed E-state index contributed by atoms with van der Waals surface area (Å²) in [5.74, 6) is 0.574. The lowest BCUT2D eigenvalue weighted by Crippen LogP contribution is -2.46. The second-order valence-corrected chi connectivity index (χ2v) is 8.56. The second-order valence-electron chi connectivity index (χ2n) is 8.16. The van der Waals surface area contributed by atoms with Gasteiger partial charge in [-0.1, -0.05) is 29.8 Å². The van der Waals surface area contributed by atoms with Crippen LogP contribution < -0.4 is 10.6 Å². The van der Waals surface area contributed by atoms with E-state index in [1.165, 1.54) is 25.8 Å². The third kappa shape index (κ3) is 5.17. The normalized spacial score (nSPS) is 24.8. The quantitative estimate of drug-likeness (QED) is 0.730. The summed E-state index contributed by atoms with van der Waals surface area (Å²) in [5, 5.41) is 6.89. The molecule has 3 fully saturated rings. The number of nitrogens with one attached hydrogen (secondary N) is 2. The summed E-state index contributed by atoms with van der Waals surface area (Å²) >= 11 is 6.45. The summed E-state index contributed by atoms with van der Waals surface area (Å²) in [6.07, 6.45) is 3.89. The number of urea groups is 1. The average Bonchev–Trinajstić information content (AvgIpc) is 3.47. The largest absolute Gasteiger partial charge is 0.379 e. The Hall–Kier alpha value is -1.34. The summed E-state index contributed by atoms with van der Waals surface area (Å²) < 4.78 is 5.49. The molecule has 3 aliphatic rings. The minimum absolute atomic E-state index is 0.0557. The maximum Gasteiger partial charge on any atom is 0.314 e.